The number of esters is 1. The van der Waals surface area contributed by atoms with Crippen LogP contribution in [-0.2, 0) is 22.5 Å². The van der Waals surface area contributed by atoms with Crippen molar-refractivity contribution in [2.75, 3.05) is 6.61 Å². The lowest BCUT2D eigenvalue weighted by molar-refractivity contribution is -0.121. The summed E-state index contributed by atoms with van der Waals surface area (Å²) < 4.78 is 10.7. The summed E-state index contributed by atoms with van der Waals surface area (Å²) in [5.74, 6) is -1.11. The van der Waals surface area contributed by atoms with Gasteiger partial charge in [-0.1, -0.05) is 41.2 Å². The second kappa shape index (κ2) is 8.83. The Kier molecular flexibility index (Phi) is 6.25. The van der Waals surface area contributed by atoms with Crippen LogP contribution in [0.2, 0.25) is 0 Å². The van der Waals surface area contributed by atoms with E-state index in [1.54, 1.807) is 0 Å². The van der Waals surface area contributed by atoms with Gasteiger partial charge < -0.3 is 9.30 Å². The predicted molar refractivity (Wildman–Crippen MR) is 103 cm³/mol. The molecule has 0 N–H and O–H groups in total. The molecule has 0 spiro atoms. The lowest BCUT2D eigenvalue weighted by Crippen LogP contribution is -2.20. The van der Waals surface area contributed by atoms with Crippen LogP contribution < -0.4 is 4.80 Å². The molecule has 0 saturated carbocycles. The molecule has 0 aliphatic heterocycles. The maximum absolute atomic E-state index is 12.1. The fraction of sp³-hybridized carbons (Fsp3) is 0.278. The second-order valence-electron chi connectivity index (χ2n) is 5.78. The number of carbonyl (C=O) groups excluding carboxylic acids is 2. The standard InChI is InChI=1S/C18H18N4O3S2/c1-3-14-16(27-21-20-14)17(24)25-11-15(23)19-18-22(8-9-26-18)10-13-6-4-12(2)5-7-13/h4-9H,3,10-11H2,1-2H3. The predicted octanol–water partition coefficient (Wildman–Crippen LogP) is 2.60. The maximum Gasteiger partial charge on any atom is 0.352 e. The molecule has 0 aliphatic carbocycles. The molecule has 0 atom stereocenters. The molecule has 140 valence electrons. The van der Waals surface area contributed by atoms with Crippen LogP contribution in [0.25, 0.3) is 0 Å². The summed E-state index contributed by atoms with van der Waals surface area (Å²) in [5, 5.41) is 5.72. The van der Waals surface area contributed by atoms with E-state index in [0.29, 0.717) is 28.3 Å². The van der Waals surface area contributed by atoms with Crippen molar-refractivity contribution in [2.24, 2.45) is 4.99 Å². The van der Waals surface area contributed by atoms with E-state index in [-0.39, 0.29) is 0 Å². The molecule has 0 aliphatic rings. The Bertz CT molecular complexity index is 1000. The van der Waals surface area contributed by atoms with E-state index >= 15 is 0 Å². The zero-order valence-corrected chi connectivity index (χ0v) is 16.5. The number of nitrogens with zero attached hydrogens (tertiary/aromatic N) is 4. The van der Waals surface area contributed by atoms with Crippen molar-refractivity contribution in [3.63, 3.8) is 0 Å². The van der Waals surface area contributed by atoms with E-state index in [2.05, 4.69) is 14.6 Å². The fourth-order valence-electron chi connectivity index (χ4n) is 2.32. The summed E-state index contributed by atoms with van der Waals surface area (Å²) in [6.45, 7) is 4.11. The van der Waals surface area contributed by atoms with Crippen LogP contribution in [0.1, 0.15) is 33.4 Å². The van der Waals surface area contributed by atoms with Gasteiger partial charge in [0.05, 0.1) is 5.69 Å². The second-order valence-corrected chi connectivity index (χ2v) is 7.41. The first-order valence-corrected chi connectivity index (χ1v) is 9.97. The number of aryl methyl sites for hydroxylation is 2. The number of rotatable bonds is 6. The highest BCUT2D eigenvalue weighted by molar-refractivity contribution is 7.08. The quantitative estimate of drug-likeness (QED) is 0.592. The zero-order valence-electron chi connectivity index (χ0n) is 14.9. The van der Waals surface area contributed by atoms with E-state index in [0.717, 1.165) is 17.1 Å². The van der Waals surface area contributed by atoms with Crippen LogP contribution in [0.3, 0.4) is 0 Å². The lowest BCUT2D eigenvalue weighted by Gasteiger charge is -2.04. The molecule has 27 heavy (non-hydrogen) atoms. The first-order valence-electron chi connectivity index (χ1n) is 8.32. The van der Waals surface area contributed by atoms with Gasteiger partial charge in [-0.2, -0.15) is 4.99 Å². The van der Waals surface area contributed by atoms with Gasteiger partial charge in [-0.3, -0.25) is 4.79 Å². The highest BCUT2D eigenvalue weighted by atomic mass is 32.1. The van der Waals surface area contributed by atoms with Gasteiger partial charge in [-0.05, 0) is 30.4 Å². The molecule has 0 radical (unpaired) electrons. The topological polar surface area (TPSA) is 86.4 Å². The molecule has 3 aromatic rings. The van der Waals surface area contributed by atoms with Crippen LogP contribution in [0, 0.1) is 6.92 Å². The molecule has 1 amide bonds. The minimum Gasteiger partial charge on any atom is -0.451 e. The smallest absolute Gasteiger partial charge is 0.352 e. The molecule has 0 unspecified atom stereocenters. The van der Waals surface area contributed by atoms with Gasteiger partial charge in [0, 0.05) is 18.1 Å². The van der Waals surface area contributed by atoms with E-state index in [1.807, 2.05) is 54.3 Å². The number of ether oxygens (including phenoxy) is 1. The summed E-state index contributed by atoms with van der Waals surface area (Å²) in [5.41, 5.74) is 2.88. The molecule has 0 bridgehead atoms. The van der Waals surface area contributed by atoms with Crippen LogP contribution in [0.4, 0.5) is 0 Å². The van der Waals surface area contributed by atoms with Crippen molar-refractivity contribution >= 4 is 34.7 Å². The maximum atomic E-state index is 12.1. The third kappa shape index (κ3) is 4.95. The molecule has 1 aromatic carbocycles. The average molecular weight is 403 g/mol. The number of amides is 1. The summed E-state index contributed by atoms with van der Waals surface area (Å²) >= 11 is 2.32. The molecule has 2 heterocycles. The number of aromatic nitrogens is 3. The fourth-order valence-corrected chi connectivity index (χ4v) is 3.71. The molecule has 3 rings (SSSR count). The van der Waals surface area contributed by atoms with Crippen LogP contribution in [0.5, 0.6) is 0 Å². The third-order valence-electron chi connectivity index (χ3n) is 3.76. The van der Waals surface area contributed by atoms with Gasteiger partial charge >= 0.3 is 5.97 Å². The molecule has 0 saturated heterocycles. The van der Waals surface area contributed by atoms with Gasteiger partial charge in [0.2, 0.25) is 0 Å². The first-order chi connectivity index (χ1) is 13.1. The minimum absolute atomic E-state index is 0.329. The van der Waals surface area contributed by atoms with Crippen LogP contribution in [-0.4, -0.2) is 32.6 Å². The van der Waals surface area contributed by atoms with Gasteiger partial charge in [-0.25, -0.2) is 4.79 Å². The summed E-state index contributed by atoms with van der Waals surface area (Å²) in [6.07, 6.45) is 2.45. The number of carbonyl (C=O) groups is 2. The summed E-state index contributed by atoms with van der Waals surface area (Å²) in [7, 11) is 0. The van der Waals surface area contributed by atoms with E-state index < -0.39 is 18.5 Å². The van der Waals surface area contributed by atoms with Crippen molar-refractivity contribution < 1.29 is 14.3 Å². The molecule has 2 aromatic heterocycles. The summed E-state index contributed by atoms with van der Waals surface area (Å²) in [4.78, 5) is 29.1. The monoisotopic (exact) mass is 402 g/mol. The lowest BCUT2D eigenvalue weighted by atomic mass is 10.1. The average Bonchev–Trinajstić information content (AvgIpc) is 3.31. The van der Waals surface area contributed by atoms with Crippen molar-refractivity contribution in [3.05, 3.63) is 62.3 Å². The van der Waals surface area contributed by atoms with Gasteiger partial charge in [-0.15, -0.1) is 16.4 Å². The third-order valence-corrected chi connectivity index (χ3v) is 5.30. The highest BCUT2D eigenvalue weighted by Crippen LogP contribution is 2.12. The number of thiazole rings is 1. The molecule has 0 fully saturated rings. The van der Waals surface area contributed by atoms with Crippen molar-refractivity contribution in [3.8, 4) is 0 Å². The van der Waals surface area contributed by atoms with Crippen LogP contribution >= 0.6 is 22.9 Å². The van der Waals surface area contributed by atoms with Gasteiger partial charge in [0.15, 0.2) is 16.3 Å². The highest BCUT2D eigenvalue weighted by Gasteiger charge is 2.17. The van der Waals surface area contributed by atoms with E-state index in [1.165, 1.54) is 16.9 Å². The minimum atomic E-state index is -0.593. The number of hydrogen-bond donors (Lipinski definition) is 0. The Morgan fingerprint density at radius 1 is 1.26 bits per heavy atom. The molecule has 9 heteroatoms. The molecular weight excluding hydrogens is 384 g/mol. The Hall–Kier alpha value is -2.65. The van der Waals surface area contributed by atoms with Crippen molar-refractivity contribution in [1.29, 1.82) is 0 Å². The normalized spacial score (nSPS) is 11.6. The Morgan fingerprint density at radius 2 is 2.04 bits per heavy atom. The SMILES string of the molecule is CCc1nnsc1C(=O)OCC(=O)N=c1sccn1Cc1ccc(C)cc1. The van der Waals surface area contributed by atoms with Gasteiger partial charge in [0.1, 0.15) is 0 Å². The zero-order chi connectivity index (χ0) is 19.2. The van der Waals surface area contributed by atoms with Crippen molar-refractivity contribution in [2.45, 2.75) is 26.8 Å². The van der Waals surface area contributed by atoms with E-state index in [9.17, 15) is 9.59 Å². The summed E-state index contributed by atoms with van der Waals surface area (Å²) in [6, 6.07) is 8.18. The molecular formula is C18H18N4O3S2. The largest absolute Gasteiger partial charge is 0.451 e. The Morgan fingerprint density at radius 3 is 2.78 bits per heavy atom. The number of hydrogen-bond acceptors (Lipinski definition) is 7. The Balaban J connectivity index is 1.65. The van der Waals surface area contributed by atoms with Crippen molar-refractivity contribution in [1.82, 2.24) is 14.2 Å². The number of benzene rings is 1. The van der Waals surface area contributed by atoms with Crippen LogP contribution in [0.15, 0.2) is 40.8 Å². The molecule has 7 nitrogen and oxygen atoms in total. The van der Waals surface area contributed by atoms with E-state index in [4.69, 9.17) is 4.74 Å². The Labute approximate surface area is 164 Å². The first kappa shape index (κ1) is 19.1. The van der Waals surface area contributed by atoms with Gasteiger partial charge in [0.25, 0.3) is 5.91 Å².